The Balaban J connectivity index is 1.69. The first-order valence-electron chi connectivity index (χ1n) is 12.3. The third-order valence-corrected chi connectivity index (χ3v) is 8.85. The van der Waals surface area contributed by atoms with Crippen LogP contribution in [0.4, 0.5) is 5.69 Å². The molecular formula is C28H20Br2ClN3O7S. The molecule has 3 heterocycles. The van der Waals surface area contributed by atoms with Crippen LogP contribution in [0.3, 0.4) is 0 Å². The van der Waals surface area contributed by atoms with E-state index in [2.05, 4.69) is 36.9 Å². The summed E-state index contributed by atoms with van der Waals surface area (Å²) in [6, 6.07) is 9.80. The van der Waals surface area contributed by atoms with E-state index < -0.39 is 22.5 Å². The Morgan fingerprint density at radius 3 is 2.60 bits per heavy atom. The number of aromatic nitrogens is 1. The minimum absolute atomic E-state index is 0.112. The number of nitro groups is 1. The molecule has 1 atom stereocenters. The maximum atomic E-state index is 13.9. The maximum absolute atomic E-state index is 13.9. The highest BCUT2D eigenvalue weighted by atomic mass is 79.9. The van der Waals surface area contributed by atoms with E-state index in [1.165, 1.54) is 22.8 Å². The summed E-state index contributed by atoms with van der Waals surface area (Å²) in [5.74, 6) is 0.423. The first-order valence-corrected chi connectivity index (χ1v) is 15.1. The molecule has 10 nitrogen and oxygen atoms in total. The van der Waals surface area contributed by atoms with Crippen molar-refractivity contribution in [3.8, 4) is 17.1 Å². The van der Waals surface area contributed by atoms with Gasteiger partial charge in [0.1, 0.15) is 23.3 Å². The molecule has 1 aliphatic rings. The van der Waals surface area contributed by atoms with Crippen LogP contribution in [0.5, 0.6) is 5.75 Å². The molecule has 42 heavy (non-hydrogen) atoms. The van der Waals surface area contributed by atoms with Crippen LogP contribution in [0, 0.1) is 10.1 Å². The Bertz CT molecular complexity index is 1960. The zero-order valence-corrected chi connectivity index (χ0v) is 26.9. The van der Waals surface area contributed by atoms with E-state index in [0.29, 0.717) is 35.3 Å². The zero-order valence-electron chi connectivity index (χ0n) is 22.1. The molecular weight excluding hydrogens is 718 g/mol. The number of methoxy groups -OCH3 is 1. The van der Waals surface area contributed by atoms with Crippen molar-refractivity contribution in [3.05, 3.63) is 109 Å². The number of halogens is 3. The molecule has 0 spiro atoms. The minimum atomic E-state index is -1.01. The molecule has 0 radical (unpaired) electrons. The summed E-state index contributed by atoms with van der Waals surface area (Å²) in [5, 5.41) is 11.6. The number of carbonyl (C=O) groups excluding carboxylic acids is 1. The van der Waals surface area contributed by atoms with Crippen molar-refractivity contribution in [2.75, 3.05) is 13.7 Å². The lowest BCUT2D eigenvalue weighted by atomic mass is 10.0. The number of hydrogen-bond donors (Lipinski definition) is 0. The van der Waals surface area contributed by atoms with E-state index in [4.69, 9.17) is 25.5 Å². The van der Waals surface area contributed by atoms with Crippen LogP contribution < -0.4 is 19.6 Å². The normalized spacial score (nSPS) is 14.9. The largest absolute Gasteiger partial charge is 0.494 e. The van der Waals surface area contributed by atoms with Gasteiger partial charge in [0.05, 0.1) is 48.4 Å². The Labute approximate surface area is 264 Å². The maximum Gasteiger partial charge on any atom is 0.338 e. The van der Waals surface area contributed by atoms with E-state index in [-0.39, 0.29) is 34.4 Å². The number of hydrogen-bond acceptors (Lipinski definition) is 9. The third kappa shape index (κ3) is 5.49. The van der Waals surface area contributed by atoms with E-state index >= 15 is 0 Å². The molecule has 2 aromatic heterocycles. The van der Waals surface area contributed by atoms with E-state index in [9.17, 15) is 19.7 Å². The standard InChI is InChI=1S/C28H20Br2ClN3O7S/c1-4-40-27(36)23-13(2)32-28-33(26(35)22(42-28)11-14-9-17(29)25(39-3)18(30)10-14)24(23)21-8-7-20(41-21)16-12-15(34(37)38)5-6-19(16)31/h5-12,24H,4H2,1-3H3/b22-11-/t24-/m0/s1. The van der Waals surface area contributed by atoms with Gasteiger partial charge in [-0.25, -0.2) is 9.79 Å². The summed E-state index contributed by atoms with van der Waals surface area (Å²) in [6.45, 7) is 3.45. The second kappa shape index (κ2) is 12.0. The van der Waals surface area contributed by atoms with Gasteiger partial charge in [-0.2, -0.15) is 0 Å². The number of carbonyl (C=O) groups is 1. The average molecular weight is 738 g/mol. The van der Waals surface area contributed by atoms with Crippen LogP contribution in [0.2, 0.25) is 5.02 Å². The average Bonchev–Trinajstić information content (AvgIpc) is 3.53. The number of non-ortho nitro benzene ring substituents is 1. The molecule has 0 aliphatic carbocycles. The third-order valence-electron chi connectivity index (χ3n) is 6.36. The number of benzene rings is 2. The van der Waals surface area contributed by atoms with Gasteiger partial charge in [0.2, 0.25) is 0 Å². The number of nitrogens with zero attached hydrogens (tertiary/aromatic N) is 3. The number of thiazole rings is 1. The fourth-order valence-electron chi connectivity index (χ4n) is 4.53. The second-order valence-corrected chi connectivity index (χ2v) is 12.1. The fraction of sp³-hybridized carbons (Fsp3) is 0.179. The number of allylic oxidation sites excluding steroid dienone is 1. The second-order valence-electron chi connectivity index (χ2n) is 8.94. The first kappa shape index (κ1) is 30.0. The van der Waals surface area contributed by atoms with E-state index in [1.54, 1.807) is 39.2 Å². The smallest absolute Gasteiger partial charge is 0.338 e. The number of furan rings is 1. The fourth-order valence-corrected chi connectivity index (χ4v) is 7.33. The van der Waals surface area contributed by atoms with E-state index in [1.807, 2.05) is 12.1 Å². The summed E-state index contributed by atoms with van der Waals surface area (Å²) in [4.78, 5) is 42.8. The molecule has 0 fully saturated rings. The van der Waals surface area contributed by atoms with Crippen LogP contribution in [-0.4, -0.2) is 29.2 Å². The summed E-state index contributed by atoms with van der Waals surface area (Å²) in [6.07, 6.45) is 1.72. The lowest BCUT2D eigenvalue weighted by molar-refractivity contribution is -0.384. The van der Waals surface area contributed by atoms with Crippen LogP contribution >= 0.6 is 54.8 Å². The highest BCUT2D eigenvalue weighted by molar-refractivity contribution is 9.11. The van der Waals surface area contributed by atoms with Crippen LogP contribution in [0.1, 0.15) is 31.2 Å². The van der Waals surface area contributed by atoms with Crippen molar-refractivity contribution < 1.29 is 23.6 Å². The molecule has 2 aromatic carbocycles. The van der Waals surface area contributed by atoms with Gasteiger partial charge < -0.3 is 13.9 Å². The van der Waals surface area contributed by atoms with Crippen molar-refractivity contribution in [2.45, 2.75) is 19.9 Å². The molecule has 4 aromatic rings. The van der Waals surface area contributed by atoms with Crippen molar-refractivity contribution in [3.63, 3.8) is 0 Å². The number of rotatable bonds is 7. The number of fused-ring (bicyclic) bond motifs is 1. The highest BCUT2D eigenvalue weighted by Crippen LogP contribution is 2.38. The molecule has 0 saturated heterocycles. The van der Waals surface area contributed by atoms with Crippen LogP contribution in [0.25, 0.3) is 17.4 Å². The Morgan fingerprint density at radius 2 is 1.95 bits per heavy atom. The van der Waals surface area contributed by atoms with Gasteiger partial charge >= 0.3 is 5.97 Å². The molecule has 5 rings (SSSR count). The monoisotopic (exact) mass is 735 g/mol. The SMILES string of the molecule is CCOC(=O)C1=C(C)N=c2s/c(=C\c3cc(Br)c(OC)c(Br)c3)c(=O)n2[C@H]1c1ccc(-c2cc([N+](=O)[O-])ccc2Cl)o1. The lowest BCUT2D eigenvalue weighted by Crippen LogP contribution is -2.39. The molecule has 0 bridgehead atoms. The molecule has 0 saturated carbocycles. The number of ether oxygens (including phenoxy) is 2. The van der Waals surface area contributed by atoms with Crippen LogP contribution in [-0.2, 0) is 9.53 Å². The molecule has 14 heteroatoms. The number of nitro benzene ring substituents is 1. The van der Waals surface area contributed by atoms with Crippen molar-refractivity contribution in [1.82, 2.24) is 4.57 Å². The Morgan fingerprint density at radius 1 is 1.24 bits per heavy atom. The highest BCUT2D eigenvalue weighted by Gasteiger charge is 2.35. The van der Waals surface area contributed by atoms with Crippen LogP contribution in [0.15, 0.2) is 76.9 Å². The minimum Gasteiger partial charge on any atom is -0.494 e. The molecule has 216 valence electrons. The van der Waals surface area contributed by atoms with Gasteiger partial charge in [0, 0.05) is 17.7 Å². The molecule has 0 amide bonds. The number of esters is 1. The predicted molar refractivity (Wildman–Crippen MR) is 165 cm³/mol. The molecule has 1 aliphatic heterocycles. The van der Waals surface area contributed by atoms with Gasteiger partial charge in [-0.15, -0.1) is 0 Å². The van der Waals surface area contributed by atoms with Crippen molar-refractivity contribution in [2.24, 2.45) is 4.99 Å². The predicted octanol–water partition coefficient (Wildman–Crippen LogP) is 6.15. The molecule has 0 N–H and O–H groups in total. The summed E-state index contributed by atoms with van der Waals surface area (Å²) in [7, 11) is 1.55. The first-order chi connectivity index (χ1) is 20.0. The summed E-state index contributed by atoms with van der Waals surface area (Å²) in [5.41, 5.74) is 0.952. The van der Waals surface area contributed by atoms with Gasteiger partial charge in [0.25, 0.3) is 11.2 Å². The van der Waals surface area contributed by atoms with Crippen molar-refractivity contribution in [1.29, 1.82) is 0 Å². The van der Waals surface area contributed by atoms with E-state index in [0.717, 1.165) is 16.9 Å². The quantitative estimate of drug-likeness (QED) is 0.127. The Kier molecular flexibility index (Phi) is 8.56. The Hall–Kier alpha value is -3.52. The van der Waals surface area contributed by atoms with Gasteiger partial charge in [0.15, 0.2) is 4.80 Å². The van der Waals surface area contributed by atoms with Gasteiger partial charge in [-0.1, -0.05) is 22.9 Å². The van der Waals surface area contributed by atoms with Gasteiger partial charge in [-0.05, 0) is 87.7 Å². The van der Waals surface area contributed by atoms with Crippen molar-refractivity contribution >= 4 is 72.5 Å². The summed E-state index contributed by atoms with van der Waals surface area (Å²) < 4.78 is 20.0. The molecule has 0 unspecified atom stereocenters. The lowest BCUT2D eigenvalue weighted by Gasteiger charge is -2.22. The zero-order chi connectivity index (χ0) is 30.3. The van der Waals surface area contributed by atoms with Gasteiger partial charge in [-0.3, -0.25) is 19.5 Å². The summed E-state index contributed by atoms with van der Waals surface area (Å²) >= 11 is 14.5. The topological polar surface area (TPSA) is 126 Å².